The lowest BCUT2D eigenvalue weighted by molar-refractivity contribution is 0.306. The lowest BCUT2D eigenvalue weighted by Gasteiger charge is -2.12. The number of halogens is 2. The van der Waals surface area contributed by atoms with Gasteiger partial charge in [0.25, 0.3) is 0 Å². The Labute approximate surface area is 133 Å². The highest BCUT2D eigenvalue weighted by Crippen LogP contribution is 2.26. The molecule has 0 heterocycles. The first-order valence-corrected chi connectivity index (χ1v) is 7.11. The molecule has 0 saturated carbocycles. The van der Waals surface area contributed by atoms with Crippen molar-refractivity contribution in [2.75, 3.05) is 0 Å². The van der Waals surface area contributed by atoms with Gasteiger partial charge in [-0.25, -0.2) is 0 Å². The van der Waals surface area contributed by atoms with Crippen LogP contribution in [0.2, 0.25) is 10.0 Å². The van der Waals surface area contributed by atoms with E-state index in [4.69, 9.17) is 45.9 Å². The summed E-state index contributed by atoms with van der Waals surface area (Å²) in [6.07, 6.45) is 0. The maximum absolute atomic E-state index is 6.17. The van der Waals surface area contributed by atoms with E-state index in [-0.39, 0.29) is 4.99 Å². The van der Waals surface area contributed by atoms with Crippen molar-refractivity contribution in [3.8, 4) is 5.75 Å². The molecule has 2 rings (SSSR count). The second kappa shape index (κ2) is 6.44. The van der Waals surface area contributed by atoms with Gasteiger partial charge in [0.15, 0.2) is 0 Å². The standard InChI is InChI=1S/C15H13Cl2NOS/c1-9-2-3-10(13(17)6-9)8-19-14-7-11(16)4-5-12(14)15(18)20/h2-7H,8H2,1H3,(H2,18,20). The molecule has 0 fully saturated rings. The average molecular weight is 326 g/mol. The Balaban J connectivity index is 2.22. The maximum Gasteiger partial charge on any atom is 0.131 e. The molecular formula is C15H13Cl2NOS. The van der Waals surface area contributed by atoms with E-state index in [1.54, 1.807) is 18.2 Å². The first-order chi connectivity index (χ1) is 9.47. The molecule has 0 unspecified atom stereocenters. The van der Waals surface area contributed by atoms with Crippen LogP contribution in [-0.4, -0.2) is 4.99 Å². The highest BCUT2D eigenvalue weighted by molar-refractivity contribution is 7.80. The van der Waals surface area contributed by atoms with Gasteiger partial charge in [-0.15, -0.1) is 0 Å². The Morgan fingerprint density at radius 1 is 1.20 bits per heavy atom. The van der Waals surface area contributed by atoms with Gasteiger partial charge in [0.1, 0.15) is 17.3 Å². The Morgan fingerprint density at radius 2 is 1.95 bits per heavy atom. The van der Waals surface area contributed by atoms with Crippen LogP contribution in [0.1, 0.15) is 16.7 Å². The third-order valence-corrected chi connectivity index (χ3v) is 3.61. The van der Waals surface area contributed by atoms with E-state index in [0.717, 1.165) is 11.1 Å². The summed E-state index contributed by atoms with van der Waals surface area (Å²) in [5, 5.41) is 1.24. The number of hydrogen-bond acceptors (Lipinski definition) is 2. The SMILES string of the molecule is Cc1ccc(COc2cc(Cl)ccc2C(N)=S)c(Cl)c1. The highest BCUT2D eigenvalue weighted by Gasteiger charge is 2.09. The average Bonchev–Trinajstić information content (AvgIpc) is 2.37. The molecule has 2 N–H and O–H groups in total. The minimum atomic E-state index is 0.270. The van der Waals surface area contributed by atoms with Gasteiger partial charge >= 0.3 is 0 Å². The fourth-order valence-electron chi connectivity index (χ4n) is 1.74. The second-order valence-electron chi connectivity index (χ2n) is 4.39. The molecule has 0 saturated heterocycles. The van der Waals surface area contributed by atoms with Crippen LogP contribution >= 0.6 is 35.4 Å². The summed E-state index contributed by atoms with van der Waals surface area (Å²) in [5.74, 6) is 0.557. The van der Waals surface area contributed by atoms with Gasteiger partial charge < -0.3 is 10.5 Å². The van der Waals surface area contributed by atoms with Crippen molar-refractivity contribution in [1.82, 2.24) is 0 Å². The van der Waals surface area contributed by atoms with Crippen molar-refractivity contribution < 1.29 is 4.74 Å². The fourth-order valence-corrected chi connectivity index (χ4v) is 2.36. The van der Waals surface area contributed by atoms with Crippen LogP contribution in [0, 0.1) is 6.92 Å². The Bertz CT molecular complexity index is 658. The quantitative estimate of drug-likeness (QED) is 0.839. The lowest BCUT2D eigenvalue weighted by Crippen LogP contribution is -2.11. The van der Waals surface area contributed by atoms with E-state index in [1.807, 2.05) is 25.1 Å². The third kappa shape index (κ3) is 3.63. The molecule has 20 heavy (non-hydrogen) atoms. The van der Waals surface area contributed by atoms with Gasteiger partial charge in [-0.1, -0.05) is 47.6 Å². The number of rotatable bonds is 4. The monoisotopic (exact) mass is 325 g/mol. The molecule has 0 aliphatic rings. The maximum atomic E-state index is 6.17. The fraction of sp³-hybridized carbons (Fsp3) is 0.133. The van der Waals surface area contributed by atoms with E-state index in [2.05, 4.69) is 0 Å². The Hall–Kier alpha value is -1.29. The molecule has 2 aromatic rings. The molecule has 0 bridgehead atoms. The summed E-state index contributed by atoms with van der Waals surface area (Å²) in [6, 6.07) is 11.0. The van der Waals surface area contributed by atoms with Crippen LogP contribution in [0.4, 0.5) is 0 Å². The van der Waals surface area contributed by atoms with Crippen LogP contribution in [0.15, 0.2) is 36.4 Å². The molecule has 2 aromatic carbocycles. The molecule has 0 aliphatic carbocycles. The number of benzene rings is 2. The van der Waals surface area contributed by atoms with Crippen LogP contribution < -0.4 is 10.5 Å². The largest absolute Gasteiger partial charge is 0.488 e. The van der Waals surface area contributed by atoms with E-state index in [0.29, 0.717) is 28.0 Å². The minimum absolute atomic E-state index is 0.270. The molecule has 104 valence electrons. The molecule has 0 aromatic heterocycles. The predicted octanol–water partition coefficient (Wildman–Crippen LogP) is 4.52. The summed E-state index contributed by atoms with van der Waals surface area (Å²) in [4.78, 5) is 0.270. The zero-order valence-corrected chi connectivity index (χ0v) is 13.1. The molecule has 0 amide bonds. The van der Waals surface area contributed by atoms with Crippen LogP contribution in [0.5, 0.6) is 5.75 Å². The van der Waals surface area contributed by atoms with Crippen LogP contribution in [-0.2, 0) is 6.61 Å². The molecule has 0 aliphatic heterocycles. The predicted molar refractivity (Wildman–Crippen MR) is 87.9 cm³/mol. The van der Waals surface area contributed by atoms with E-state index < -0.39 is 0 Å². The second-order valence-corrected chi connectivity index (χ2v) is 5.67. The van der Waals surface area contributed by atoms with Crippen molar-refractivity contribution in [2.45, 2.75) is 13.5 Å². The molecule has 0 radical (unpaired) electrons. The smallest absolute Gasteiger partial charge is 0.131 e. The first kappa shape index (κ1) is 15.1. The summed E-state index contributed by atoms with van der Waals surface area (Å²) < 4.78 is 5.75. The van der Waals surface area contributed by atoms with E-state index >= 15 is 0 Å². The van der Waals surface area contributed by atoms with Gasteiger partial charge in [0.2, 0.25) is 0 Å². The first-order valence-electron chi connectivity index (χ1n) is 5.94. The normalized spacial score (nSPS) is 10.3. The Kier molecular flexibility index (Phi) is 4.86. The summed E-state index contributed by atoms with van der Waals surface area (Å²) in [5.41, 5.74) is 8.32. The summed E-state index contributed by atoms with van der Waals surface area (Å²) >= 11 is 17.1. The molecule has 0 atom stereocenters. The van der Waals surface area contributed by atoms with Crippen LogP contribution in [0.25, 0.3) is 0 Å². The van der Waals surface area contributed by atoms with Gasteiger partial charge in [-0.05, 0) is 36.8 Å². The van der Waals surface area contributed by atoms with Crippen molar-refractivity contribution in [1.29, 1.82) is 0 Å². The van der Waals surface area contributed by atoms with E-state index in [9.17, 15) is 0 Å². The number of nitrogens with two attached hydrogens (primary N) is 1. The van der Waals surface area contributed by atoms with Gasteiger partial charge in [-0.2, -0.15) is 0 Å². The van der Waals surface area contributed by atoms with E-state index in [1.165, 1.54) is 0 Å². The summed E-state index contributed by atoms with van der Waals surface area (Å²) in [6.45, 7) is 2.31. The zero-order valence-electron chi connectivity index (χ0n) is 10.8. The highest BCUT2D eigenvalue weighted by atomic mass is 35.5. The number of aryl methyl sites for hydroxylation is 1. The molecule has 0 spiro atoms. The number of thiocarbonyl (C=S) groups is 1. The summed E-state index contributed by atoms with van der Waals surface area (Å²) in [7, 11) is 0. The van der Waals surface area contributed by atoms with Gasteiger partial charge in [0, 0.05) is 15.6 Å². The Morgan fingerprint density at radius 3 is 2.60 bits per heavy atom. The van der Waals surface area contributed by atoms with Crippen molar-refractivity contribution >= 4 is 40.4 Å². The van der Waals surface area contributed by atoms with Crippen molar-refractivity contribution in [3.05, 3.63) is 63.1 Å². The topological polar surface area (TPSA) is 35.2 Å². The van der Waals surface area contributed by atoms with Crippen LogP contribution in [0.3, 0.4) is 0 Å². The third-order valence-electron chi connectivity index (χ3n) is 2.80. The minimum Gasteiger partial charge on any atom is -0.488 e. The van der Waals surface area contributed by atoms with Crippen molar-refractivity contribution in [2.24, 2.45) is 5.73 Å². The van der Waals surface area contributed by atoms with Gasteiger partial charge in [-0.3, -0.25) is 0 Å². The zero-order chi connectivity index (χ0) is 14.7. The van der Waals surface area contributed by atoms with Crippen molar-refractivity contribution in [3.63, 3.8) is 0 Å². The van der Waals surface area contributed by atoms with Gasteiger partial charge in [0.05, 0.1) is 5.56 Å². The molecule has 5 heteroatoms. The number of ether oxygens (including phenoxy) is 1. The molecular weight excluding hydrogens is 313 g/mol. The molecule has 2 nitrogen and oxygen atoms in total. The lowest BCUT2D eigenvalue weighted by atomic mass is 10.1. The number of hydrogen-bond donors (Lipinski definition) is 1.